The number of benzene rings is 1. The number of rotatable bonds is 4. The molecular formula is C15H23NO. The fourth-order valence-corrected chi connectivity index (χ4v) is 2.17. The predicted octanol–water partition coefficient (Wildman–Crippen LogP) is 3.48. The number of para-hydroxylation sites is 1. The van der Waals surface area contributed by atoms with Gasteiger partial charge in [-0.2, -0.15) is 0 Å². The van der Waals surface area contributed by atoms with E-state index < -0.39 is 0 Å². The molecule has 0 aromatic heterocycles. The Morgan fingerprint density at radius 2 is 2.18 bits per heavy atom. The lowest BCUT2D eigenvalue weighted by atomic mass is 10.1. The van der Waals surface area contributed by atoms with Gasteiger partial charge in [0.1, 0.15) is 0 Å². The van der Waals surface area contributed by atoms with E-state index in [-0.39, 0.29) is 0 Å². The van der Waals surface area contributed by atoms with Crippen molar-refractivity contribution in [1.29, 1.82) is 0 Å². The summed E-state index contributed by atoms with van der Waals surface area (Å²) in [6, 6.07) is 8.57. The molecule has 0 aliphatic carbocycles. The van der Waals surface area contributed by atoms with Crippen molar-refractivity contribution in [1.82, 2.24) is 0 Å². The van der Waals surface area contributed by atoms with Gasteiger partial charge in [-0.25, -0.2) is 0 Å². The van der Waals surface area contributed by atoms with E-state index >= 15 is 0 Å². The summed E-state index contributed by atoms with van der Waals surface area (Å²) < 4.78 is 5.94. The minimum Gasteiger partial charge on any atom is -0.382 e. The highest BCUT2D eigenvalue weighted by atomic mass is 16.5. The molecule has 0 spiro atoms. The fraction of sp³-hybridized carbons (Fsp3) is 0.600. The molecule has 0 radical (unpaired) electrons. The van der Waals surface area contributed by atoms with Crippen LogP contribution in [0.5, 0.6) is 0 Å². The third-order valence-corrected chi connectivity index (χ3v) is 3.32. The van der Waals surface area contributed by atoms with Gasteiger partial charge in [0.15, 0.2) is 0 Å². The van der Waals surface area contributed by atoms with Crippen LogP contribution in [0.3, 0.4) is 0 Å². The lowest BCUT2D eigenvalue weighted by Gasteiger charge is -2.16. The molecule has 94 valence electrons. The van der Waals surface area contributed by atoms with Crippen molar-refractivity contribution < 1.29 is 4.74 Å². The predicted molar refractivity (Wildman–Crippen MR) is 72.4 cm³/mol. The first-order chi connectivity index (χ1) is 8.25. The monoisotopic (exact) mass is 233 g/mol. The van der Waals surface area contributed by atoms with Crippen molar-refractivity contribution in [2.75, 3.05) is 18.5 Å². The van der Waals surface area contributed by atoms with Gasteiger partial charge >= 0.3 is 0 Å². The zero-order chi connectivity index (χ0) is 12.1. The van der Waals surface area contributed by atoms with Crippen LogP contribution >= 0.6 is 0 Å². The van der Waals surface area contributed by atoms with Crippen molar-refractivity contribution in [2.45, 2.75) is 39.2 Å². The molecule has 0 saturated heterocycles. The van der Waals surface area contributed by atoms with Crippen molar-refractivity contribution in [3.63, 3.8) is 0 Å². The van der Waals surface area contributed by atoms with Crippen LogP contribution in [-0.2, 0) is 11.2 Å². The molecule has 1 unspecified atom stereocenters. The highest BCUT2D eigenvalue weighted by Gasteiger charge is 2.15. The number of aryl methyl sites for hydroxylation is 1. The smallest absolute Gasteiger partial charge is 0.0750 e. The molecule has 2 rings (SSSR count). The molecule has 1 aromatic carbocycles. The Morgan fingerprint density at radius 3 is 3.00 bits per heavy atom. The summed E-state index contributed by atoms with van der Waals surface area (Å²) in [5.74, 6) is 0.728. The van der Waals surface area contributed by atoms with E-state index in [4.69, 9.17) is 4.74 Å². The quantitative estimate of drug-likeness (QED) is 0.859. The minimum absolute atomic E-state index is 0.362. The normalized spacial score (nSPS) is 19.6. The van der Waals surface area contributed by atoms with Gasteiger partial charge in [-0.05, 0) is 36.8 Å². The molecule has 1 atom stereocenters. The molecule has 0 amide bonds. The van der Waals surface area contributed by atoms with Gasteiger partial charge < -0.3 is 10.1 Å². The Morgan fingerprint density at radius 1 is 1.35 bits per heavy atom. The Bertz CT molecular complexity index is 322. The van der Waals surface area contributed by atoms with Gasteiger partial charge in [0.2, 0.25) is 0 Å². The minimum atomic E-state index is 0.362. The maximum absolute atomic E-state index is 5.94. The Hall–Kier alpha value is -1.02. The second-order valence-corrected chi connectivity index (χ2v) is 5.25. The lowest BCUT2D eigenvalue weighted by molar-refractivity contribution is 0.0506. The number of fused-ring (bicyclic) bond motifs is 1. The molecule has 2 nitrogen and oxygen atoms in total. The van der Waals surface area contributed by atoms with E-state index in [9.17, 15) is 0 Å². The average Bonchev–Trinajstić information content (AvgIpc) is 2.52. The number of anilines is 1. The highest BCUT2D eigenvalue weighted by Crippen LogP contribution is 2.22. The number of hydrogen-bond acceptors (Lipinski definition) is 2. The summed E-state index contributed by atoms with van der Waals surface area (Å²) in [5, 5.41) is 3.49. The summed E-state index contributed by atoms with van der Waals surface area (Å²) in [6.45, 7) is 6.31. The maximum Gasteiger partial charge on any atom is 0.0750 e. The zero-order valence-corrected chi connectivity index (χ0v) is 10.9. The van der Waals surface area contributed by atoms with Crippen molar-refractivity contribution in [3.05, 3.63) is 29.8 Å². The molecule has 1 aliphatic heterocycles. The van der Waals surface area contributed by atoms with Crippen LogP contribution < -0.4 is 5.32 Å². The van der Waals surface area contributed by atoms with Crippen molar-refractivity contribution in [3.8, 4) is 0 Å². The van der Waals surface area contributed by atoms with Crippen LogP contribution in [-0.4, -0.2) is 19.3 Å². The van der Waals surface area contributed by atoms with Crippen molar-refractivity contribution >= 4 is 5.69 Å². The van der Waals surface area contributed by atoms with Crippen LogP contribution in [0, 0.1) is 5.92 Å². The molecule has 1 aliphatic rings. The second kappa shape index (κ2) is 6.06. The first-order valence-corrected chi connectivity index (χ1v) is 6.69. The van der Waals surface area contributed by atoms with Crippen LogP contribution in [0.4, 0.5) is 5.69 Å². The summed E-state index contributed by atoms with van der Waals surface area (Å²) in [4.78, 5) is 0. The molecule has 0 saturated carbocycles. The van der Waals surface area contributed by atoms with E-state index in [0.717, 1.165) is 38.3 Å². The van der Waals surface area contributed by atoms with Gasteiger partial charge in [0.05, 0.1) is 6.10 Å². The molecule has 1 N–H and O–H groups in total. The van der Waals surface area contributed by atoms with Crippen LogP contribution in [0.15, 0.2) is 24.3 Å². The van der Waals surface area contributed by atoms with Gasteiger partial charge in [0, 0.05) is 18.8 Å². The molecular weight excluding hydrogens is 210 g/mol. The van der Waals surface area contributed by atoms with Crippen molar-refractivity contribution in [2.24, 2.45) is 5.92 Å². The second-order valence-electron chi connectivity index (χ2n) is 5.25. The third-order valence-electron chi connectivity index (χ3n) is 3.32. The number of ether oxygens (including phenoxy) is 1. The number of hydrogen-bond donors (Lipinski definition) is 1. The van der Waals surface area contributed by atoms with E-state index in [2.05, 4.69) is 43.4 Å². The molecule has 1 aromatic rings. The Labute approximate surface area is 104 Å². The van der Waals surface area contributed by atoms with Gasteiger partial charge in [0.25, 0.3) is 0 Å². The zero-order valence-electron chi connectivity index (χ0n) is 10.9. The molecule has 0 bridgehead atoms. The van der Waals surface area contributed by atoms with E-state index in [1.165, 1.54) is 11.3 Å². The summed E-state index contributed by atoms with van der Waals surface area (Å²) >= 11 is 0. The van der Waals surface area contributed by atoms with Gasteiger partial charge in [-0.1, -0.05) is 32.0 Å². The highest BCUT2D eigenvalue weighted by molar-refractivity contribution is 5.51. The van der Waals surface area contributed by atoms with Crippen LogP contribution in [0.2, 0.25) is 0 Å². The standard InChI is InChI=1S/C15H23NO/c1-12(2)9-10-17-14-8-7-13-5-3-4-6-15(13)16-11-14/h3-6,12,14,16H,7-11H2,1-2H3. The van der Waals surface area contributed by atoms with E-state index in [0.29, 0.717) is 6.10 Å². The van der Waals surface area contributed by atoms with Crippen LogP contribution in [0.1, 0.15) is 32.3 Å². The Kier molecular flexibility index (Phi) is 4.43. The SMILES string of the molecule is CC(C)CCOC1CCc2ccccc2NC1. The summed E-state index contributed by atoms with van der Waals surface area (Å²) in [5.41, 5.74) is 2.70. The van der Waals surface area contributed by atoms with Crippen LogP contribution in [0.25, 0.3) is 0 Å². The molecule has 0 fully saturated rings. The maximum atomic E-state index is 5.94. The van der Waals surface area contributed by atoms with Gasteiger partial charge in [-0.3, -0.25) is 0 Å². The number of nitrogens with one attached hydrogen (secondary N) is 1. The third kappa shape index (κ3) is 3.74. The lowest BCUT2D eigenvalue weighted by Crippen LogP contribution is -2.22. The molecule has 1 heterocycles. The first-order valence-electron chi connectivity index (χ1n) is 6.69. The first kappa shape index (κ1) is 12.4. The fourth-order valence-electron chi connectivity index (χ4n) is 2.17. The van der Waals surface area contributed by atoms with E-state index in [1.807, 2.05) is 0 Å². The van der Waals surface area contributed by atoms with Gasteiger partial charge in [-0.15, -0.1) is 0 Å². The topological polar surface area (TPSA) is 21.3 Å². The summed E-state index contributed by atoms with van der Waals surface area (Å²) in [7, 11) is 0. The average molecular weight is 233 g/mol. The molecule has 17 heavy (non-hydrogen) atoms. The largest absolute Gasteiger partial charge is 0.382 e. The molecule has 2 heteroatoms. The summed E-state index contributed by atoms with van der Waals surface area (Å²) in [6.07, 6.45) is 3.77. The Balaban J connectivity index is 1.82. The van der Waals surface area contributed by atoms with E-state index in [1.54, 1.807) is 0 Å².